The van der Waals surface area contributed by atoms with E-state index < -0.39 is 5.79 Å². The number of ether oxygens (including phenoxy) is 4. The van der Waals surface area contributed by atoms with Gasteiger partial charge in [-0.15, -0.1) is 0 Å². The van der Waals surface area contributed by atoms with Crippen LogP contribution in [0, 0.1) is 5.41 Å². The van der Waals surface area contributed by atoms with E-state index in [1.165, 1.54) is 0 Å². The van der Waals surface area contributed by atoms with Crippen molar-refractivity contribution in [2.24, 2.45) is 5.41 Å². The van der Waals surface area contributed by atoms with Gasteiger partial charge in [0, 0.05) is 11.8 Å². The molecule has 2 aliphatic rings. The first kappa shape index (κ1) is 15.2. The van der Waals surface area contributed by atoms with E-state index in [4.69, 9.17) is 18.9 Å². The Morgan fingerprint density at radius 2 is 1.63 bits per heavy atom. The summed E-state index contributed by atoms with van der Waals surface area (Å²) in [7, 11) is 0. The van der Waals surface area contributed by atoms with Crippen LogP contribution in [0.25, 0.3) is 0 Å². The molecule has 0 amide bonds. The van der Waals surface area contributed by atoms with E-state index >= 15 is 0 Å². The molecule has 2 heterocycles. The highest BCUT2D eigenvalue weighted by Gasteiger charge is 2.47. The SMILES string of the molecule is CC1CC(C2OC(C(C)(C)C)OC2C)OC(C)(C)O1. The highest BCUT2D eigenvalue weighted by atomic mass is 16.8. The second kappa shape index (κ2) is 4.99. The molecule has 0 N–H and O–H groups in total. The van der Waals surface area contributed by atoms with Crippen LogP contribution in [-0.2, 0) is 18.9 Å². The van der Waals surface area contributed by atoms with Crippen molar-refractivity contribution < 1.29 is 18.9 Å². The largest absolute Gasteiger partial charge is 0.347 e. The smallest absolute Gasteiger partial charge is 0.163 e. The molecule has 5 unspecified atom stereocenters. The highest BCUT2D eigenvalue weighted by molar-refractivity contribution is 4.89. The van der Waals surface area contributed by atoms with Gasteiger partial charge in [0.2, 0.25) is 0 Å². The van der Waals surface area contributed by atoms with Crippen LogP contribution in [-0.4, -0.2) is 36.5 Å². The maximum atomic E-state index is 6.12. The Balaban J connectivity index is 2.06. The lowest BCUT2D eigenvalue weighted by molar-refractivity contribution is -0.312. The molecule has 2 fully saturated rings. The van der Waals surface area contributed by atoms with Gasteiger partial charge in [-0.1, -0.05) is 20.8 Å². The summed E-state index contributed by atoms with van der Waals surface area (Å²) >= 11 is 0. The Labute approximate surface area is 116 Å². The third kappa shape index (κ3) is 3.48. The number of rotatable bonds is 1. The zero-order valence-electron chi connectivity index (χ0n) is 13.2. The maximum absolute atomic E-state index is 6.12. The Kier molecular flexibility index (Phi) is 4.00. The van der Waals surface area contributed by atoms with Gasteiger partial charge in [-0.3, -0.25) is 0 Å². The first-order valence-electron chi connectivity index (χ1n) is 7.25. The third-order valence-corrected chi connectivity index (χ3v) is 3.64. The minimum absolute atomic E-state index is 0.0185. The molecule has 0 aromatic rings. The van der Waals surface area contributed by atoms with Crippen LogP contribution in [0.3, 0.4) is 0 Å². The Morgan fingerprint density at radius 3 is 2.11 bits per heavy atom. The fraction of sp³-hybridized carbons (Fsp3) is 1.00. The standard InChI is InChI=1S/C15H28O4/c1-9-8-11(19-15(6,7)18-9)12-10(2)16-13(17-12)14(3,4)5/h9-13H,8H2,1-7H3. The monoisotopic (exact) mass is 272 g/mol. The van der Waals surface area contributed by atoms with Crippen molar-refractivity contribution in [3.05, 3.63) is 0 Å². The van der Waals surface area contributed by atoms with Crippen LogP contribution >= 0.6 is 0 Å². The second-order valence-electron chi connectivity index (χ2n) is 7.36. The zero-order valence-corrected chi connectivity index (χ0v) is 13.2. The van der Waals surface area contributed by atoms with Crippen molar-refractivity contribution >= 4 is 0 Å². The van der Waals surface area contributed by atoms with Crippen LogP contribution < -0.4 is 0 Å². The summed E-state index contributed by atoms with van der Waals surface area (Å²) in [5.74, 6) is -0.550. The minimum Gasteiger partial charge on any atom is -0.347 e. The summed E-state index contributed by atoms with van der Waals surface area (Å²) in [5, 5.41) is 0. The van der Waals surface area contributed by atoms with Gasteiger partial charge in [0.15, 0.2) is 12.1 Å². The highest BCUT2D eigenvalue weighted by Crippen LogP contribution is 2.37. The lowest BCUT2D eigenvalue weighted by Crippen LogP contribution is -2.50. The molecule has 0 saturated carbocycles. The van der Waals surface area contributed by atoms with Gasteiger partial charge in [-0.2, -0.15) is 0 Å². The lowest BCUT2D eigenvalue weighted by atomic mass is 9.96. The molecule has 0 aromatic heterocycles. The van der Waals surface area contributed by atoms with Gasteiger partial charge in [0.1, 0.15) is 6.10 Å². The predicted molar refractivity (Wildman–Crippen MR) is 72.8 cm³/mol. The van der Waals surface area contributed by atoms with E-state index in [-0.39, 0.29) is 36.1 Å². The third-order valence-electron chi connectivity index (χ3n) is 3.64. The van der Waals surface area contributed by atoms with Crippen LogP contribution in [0.5, 0.6) is 0 Å². The molecular weight excluding hydrogens is 244 g/mol. The quantitative estimate of drug-likeness (QED) is 0.735. The number of hydrogen-bond donors (Lipinski definition) is 0. The Morgan fingerprint density at radius 1 is 1.00 bits per heavy atom. The van der Waals surface area contributed by atoms with Gasteiger partial charge < -0.3 is 18.9 Å². The average molecular weight is 272 g/mol. The van der Waals surface area contributed by atoms with E-state index in [0.29, 0.717) is 0 Å². The first-order chi connectivity index (χ1) is 8.58. The second-order valence-corrected chi connectivity index (χ2v) is 7.36. The van der Waals surface area contributed by atoms with Crippen molar-refractivity contribution in [2.45, 2.75) is 91.4 Å². The van der Waals surface area contributed by atoms with Crippen molar-refractivity contribution in [3.8, 4) is 0 Å². The van der Waals surface area contributed by atoms with Gasteiger partial charge in [0.05, 0.1) is 18.3 Å². The van der Waals surface area contributed by atoms with Gasteiger partial charge in [0.25, 0.3) is 0 Å². The molecule has 19 heavy (non-hydrogen) atoms. The molecule has 0 spiro atoms. The van der Waals surface area contributed by atoms with Crippen molar-refractivity contribution in [1.29, 1.82) is 0 Å². The maximum Gasteiger partial charge on any atom is 0.163 e. The van der Waals surface area contributed by atoms with Crippen LogP contribution in [0.4, 0.5) is 0 Å². The molecule has 0 aliphatic carbocycles. The molecule has 5 atom stereocenters. The van der Waals surface area contributed by atoms with Crippen molar-refractivity contribution in [2.75, 3.05) is 0 Å². The number of hydrogen-bond acceptors (Lipinski definition) is 4. The molecule has 112 valence electrons. The Hall–Kier alpha value is -0.160. The molecule has 2 rings (SSSR count). The van der Waals surface area contributed by atoms with E-state index in [1.807, 2.05) is 13.8 Å². The van der Waals surface area contributed by atoms with Crippen LogP contribution in [0.1, 0.15) is 54.9 Å². The fourth-order valence-electron chi connectivity index (χ4n) is 2.86. The summed E-state index contributed by atoms with van der Waals surface area (Å²) in [6.45, 7) is 14.4. The van der Waals surface area contributed by atoms with E-state index in [1.54, 1.807) is 0 Å². The minimum atomic E-state index is -0.550. The summed E-state index contributed by atoms with van der Waals surface area (Å²) < 4.78 is 23.9. The molecule has 0 aromatic carbocycles. The van der Waals surface area contributed by atoms with Crippen molar-refractivity contribution in [1.82, 2.24) is 0 Å². The van der Waals surface area contributed by atoms with E-state index in [2.05, 4.69) is 34.6 Å². The van der Waals surface area contributed by atoms with Crippen molar-refractivity contribution in [3.63, 3.8) is 0 Å². The van der Waals surface area contributed by atoms with Gasteiger partial charge in [-0.05, 0) is 27.7 Å². The average Bonchev–Trinajstić information content (AvgIpc) is 2.56. The summed E-state index contributed by atoms with van der Waals surface area (Å²) in [4.78, 5) is 0. The zero-order chi connectivity index (χ0) is 14.4. The molecule has 4 heteroatoms. The summed E-state index contributed by atoms with van der Waals surface area (Å²) in [6, 6.07) is 0. The van der Waals surface area contributed by atoms with Crippen LogP contribution in [0.2, 0.25) is 0 Å². The molecule has 0 bridgehead atoms. The van der Waals surface area contributed by atoms with E-state index in [9.17, 15) is 0 Å². The summed E-state index contributed by atoms with van der Waals surface area (Å²) in [6.07, 6.45) is 0.917. The predicted octanol–water partition coefficient (Wildman–Crippen LogP) is 3.09. The molecular formula is C15H28O4. The van der Waals surface area contributed by atoms with Gasteiger partial charge in [-0.25, -0.2) is 0 Å². The van der Waals surface area contributed by atoms with Gasteiger partial charge >= 0.3 is 0 Å². The first-order valence-corrected chi connectivity index (χ1v) is 7.25. The Bertz CT molecular complexity index is 321. The molecule has 4 nitrogen and oxygen atoms in total. The summed E-state index contributed by atoms with van der Waals surface area (Å²) in [5.41, 5.74) is -0.0185. The van der Waals surface area contributed by atoms with E-state index in [0.717, 1.165) is 6.42 Å². The molecule has 2 saturated heterocycles. The molecule has 2 aliphatic heterocycles. The van der Waals surface area contributed by atoms with Crippen LogP contribution in [0.15, 0.2) is 0 Å². The topological polar surface area (TPSA) is 36.9 Å². The molecule has 0 radical (unpaired) electrons. The fourth-order valence-corrected chi connectivity index (χ4v) is 2.86. The lowest BCUT2D eigenvalue weighted by Gasteiger charge is -2.42. The normalized spacial score (nSPS) is 43.4.